The quantitative estimate of drug-likeness (QED) is 0.308. The van der Waals surface area contributed by atoms with Gasteiger partial charge in [0.25, 0.3) is 0 Å². The standard InChI is InChI=1S/C30H28N4O4/c1-17-27(19(3)38-32-17)21-14-24(29(31)35)28-23-16-22(33-12-7-13-37-30(33)36)10-11-25(23)34(26(28)15-21)18(2)20-8-5-4-6-9-20/h4-6,8-11,14-16,18H,7,12-13H2,1-3H3,(H2,31,35). The Balaban J connectivity index is 1.70. The Hall–Kier alpha value is -4.59. The third-order valence-corrected chi connectivity index (χ3v) is 7.43. The molecule has 3 aromatic carbocycles. The Bertz CT molecular complexity index is 1700. The first kappa shape index (κ1) is 23.8. The van der Waals surface area contributed by atoms with E-state index >= 15 is 0 Å². The van der Waals surface area contributed by atoms with E-state index in [-0.39, 0.29) is 12.1 Å². The van der Waals surface area contributed by atoms with Gasteiger partial charge in [0.1, 0.15) is 5.76 Å². The number of aryl methyl sites for hydroxylation is 2. The van der Waals surface area contributed by atoms with Gasteiger partial charge in [-0.15, -0.1) is 0 Å². The molecule has 0 aliphatic carbocycles. The zero-order valence-electron chi connectivity index (χ0n) is 21.5. The third-order valence-electron chi connectivity index (χ3n) is 7.43. The predicted octanol–water partition coefficient (Wildman–Crippen LogP) is 6.12. The van der Waals surface area contributed by atoms with Gasteiger partial charge in [0.2, 0.25) is 5.91 Å². The number of nitrogens with zero attached hydrogens (tertiary/aromatic N) is 3. The molecule has 0 spiro atoms. The first-order chi connectivity index (χ1) is 18.3. The second kappa shape index (κ2) is 9.06. The molecule has 0 radical (unpaired) electrons. The van der Waals surface area contributed by atoms with Crippen molar-refractivity contribution in [1.29, 1.82) is 0 Å². The lowest BCUT2D eigenvalue weighted by atomic mass is 9.97. The van der Waals surface area contributed by atoms with E-state index in [2.05, 4.69) is 34.8 Å². The summed E-state index contributed by atoms with van der Waals surface area (Å²) in [6.45, 7) is 6.86. The zero-order chi connectivity index (χ0) is 26.6. The average molecular weight is 509 g/mol. The van der Waals surface area contributed by atoms with E-state index in [1.165, 1.54) is 0 Å². The van der Waals surface area contributed by atoms with E-state index < -0.39 is 5.91 Å². The van der Waals surface area contributed by atoms with Gasteiger partial charge in [-0.1, -0.05) is 35.5 Å². The van der Waals surface area contributed by atoms with E-state index in [1.54, 1.807) is 4.90 Å². The van der Waals surface area contributed by atoms with E-state index in [0.29, 0.717) is 24.5 Å². The lowest BCUT2D eigenvalue weighted by molar-refractivity contribution is 0.100. The van der Waals surface area contributed by atoms with E-state index in [9.17, 15) is 9.59 Å². The van der Waals surface area contributed by atoms with Crippen LogP contribution in [0.1, 0.15) is 46.8 Å². The highest BCUT2D eigenvalue weighted by atomic mass is 16.6. The zero-order valence-corrected chi connectivity index (χ0v) is 21.5. The summed E-state index contributed by atoms with van der Waals surface area (Å²) in [5.41, 5.74) is 12.4. The Kier molecular flexibility index (Phi) is 5.67. The molecule has 0 bridgehead atoms. The Morgan fingerprint density at radius 1 is 1.05 bits per heavy atom. The molecule has 2 amide bonds. The van der Waals surface area contributed by atoms with Crippen LogP contribution in [0.25, 0.3) is 32.9 Å². The normalized spacial score (nSPS) is 14.7. The first-order valence-corrected chi connectivity index (χ1v) is 12.7. The number of primary amides is 1. The second-order valence-electron chi connectivity index (χ2n) is 9.76. The molecule has 1 aliphatic rings. The number of hydrogen-bond donors (Lipinski definition) is 1. The summed E-state index contributed by atoms with van der Waals surface area (Å²) in [6.07, 6.45) is 0.386. The molecule has 1 unspecified atom stereocenters. The van der Waals surface area contributed by atoms with Crippen LogP contribution in [0.3, 0.4) is 0 Å². The maximum absolute atomic E-state index is 12.9. The second-order valence-corrected chi connectivity index (χ2v) is 9.76. The molecule has 1 saturated heterocycles. The van der Waals surface area contributed by atoms with Gasteiger partial charge in [0, 0.05) is 39.6 Å². The average Bonchev–Trinajstić information content (AvgIpc) is 3.43. The van der Waals surface area contributed by atoms with Crippen molar-refractivity contribution in [3.8, 4) is 11.1 Å². The van der Waals surface area contributed by atoms with Crippen molar-refractivity contribution in [3.63, 3.8) is 0 Å². The van der Waals surface area contributed by atoms with Crippen LogP contribution in [-0.2, 0) is 4.74 Å². The van der Waals surface area contributed by atoms with Crippen LogP contribution >= 0.6 is 0 Å². The van der Waals surface area contributed by atoms with Crippen molar-refractivity contribution < 1.29 is 18.8 Å². The summed E-state index contributed by atoms with van der Waals surface area (Å²) in [6, 6.07) is 19.9. The molecule has 2 N–H and O–H groups in total. The molecule has 8 nitrogen and oxygen atoms in total. The molecule has 0 saturated carbocycles. The molecule has 5 aromatic rings. The van der Waals surface area contributed by atoms with E-state index in [1.807, 2.05) is 56.3 Å². The molecule has 2 aromatic heterocycles. The molecular weight excluding hydrogens is 480 g/mol. The minimum atomic E-state index is -0.530. The number of ether oxygens (including phenoxy) is 1. The van der Waals surface area contributed by atoms with Crippen LogP contribution in [0.5, 0.6) is 0 Å². The number of carbonyl (C=O) groups excluding carboxylic acids is 2. The van der Waals surface area contributed by atoms with Crippen LogP contribution in [0, 0.1) is 13.8 Å². The van der Waals surface area contributed by atoms with Crippen molar-refractivity contribution in [2.75, 3.05) is 18.1 Å². The molecule has 1 fully saturated rings. The lowest BCUT2D eigenvalue weighted by Gasteiger charge is -2.26. The number of aromatic nitrogens is 2. The lowest BCUT2D eigenvalue weighted by Crippen LogP contribution is -2.37. The van der Waals surface area contributed by atoms with Gasteiger partial charge in [-0.3, -0.25) is 9.69 Å². The highest BCUT2D eigenvalue weighted by molar-refractivity contribution is 6.20. The van der Waals surface area contributed by atoms with Crippen LogP contribution in [-0.4, -0.2) is 34.9 Å². The van der Waals surface area contributed by atoms with Crippen LogP contribution < -0.4 is 10.6 Å². The van der Waals surface area contributed by atoms with Gasteiger partial charge in [0.15, 0.2) is 0 Å². The smallest absolute Gasteiger partial charge is 0.414 e. The minimum Gasteiger partial charge on any atom is -0.449 e. The van der Waals surface area contributed by atoms with Crippen molar-refractivity contribution in [3.05, 3.63) is 83.2 Å². The number of anilines is 1. The Morgan fingerprint density at radius 3 is 2.53 bits per heavy atom. The van der Waals surface area contributed by atoms with Gasteiger partial charge in [0.05, 0.1) is 23.9 Å². The van der Waals surface area contributed by atoms with Crippen LogP contribution in [0.15, 0.2) is 65.2 Å². The summed E-state index contributed by atoms with van der Waals surface area (Å²) < 4.78 is 12.9. The monoisotopic (exact) mass is 508 g/mol. The number of fused-ring (bicyclic) bond motifs is 3. The molecule has 3 heterocycles. The van der Waals surface area contributed by atoms with Gasteiger partial charge < -0.3 is 19.6 Å². The topological polar surface area (TPSA) is 104 Å². The number of cyclic esters (lactones) is 1. The fourth-order valence-electron chi connectivity index (χ4n) is 5.65. The summed E-state index contributed by atoms with van der Waals surface area (Å²) in [4.78, 5) is 27.1. The molecule has 1 atom stereocenters. The van der Waals surface area contributed by atoms with Crippen molar-refractivity contribution in [2.45, 2.75) is 33.2 Å². The summed E-state index contributed by atoms with van der Waals surface area (Å²) >= 11 is 0. The molecule has 1 aliphatic heterocycles. The van der Waals surface area contributed by atoms with Crippen LogP contribution in [0.2, 0.25) is 0 Å². The maximum Gasteiger partial charge on any atom is 0.414 e. The van der Waals surface area contributed by atoms with Gasteiger partial charge in [-0.2, -0.15) is 0 Å². The number of nitrogens with two attached hydrogens (primary N) is 1. The predicted molar refractivity (Wildman–Crippen MR) is 146 cm³/mol. The first-order valence-electron chi connectivity index (χ1n) is 12.7. The maximum atomic E-state index is 12.9. The fraction of sp³-hybridized carbons (Fsp3) is 0.233. The molecule has 8 heteroatoms. The van der Waals surface area contributed by atoms with Gasteiger partial charge in [-0.05, 0) is 68.7 Å². The van der Waals surface area contributed by atoms with Gasteiger partial charge >= 0.3 is 6.09 Å². The van der Waals surface area contributed by atoms with E-state index in [0.717, 1.165) is 56.3 Å². The highest BCUT2D eigenvalue weighted by Gasteiger charge is 2.26. The number of hydrogen-bond acceptors (Lipinski definition) is 5. The third kappa shape index (κ3) is 3.72. The van der Waals surface area contributed by atoms with Crippen molar-refractivity contribution in [2.24, 2.45) is 5.73 Å². The summed E-state index contributed by atoms with van der Waals surface area (Å²) in [5.74, 6) is 0.139. The van der Waals surface area contributed by atoms with Crippen molar-refractivity contribution in [1.82, 2.24) is 9.72 Å². The number of carbonyl (C=O) groups is 2. The molecule has 6 rings (SSSR count). The number of benzene rings is 3. The van der Waals surface area contributed by atoms with Gasteiger partial charge in [-0.25, -0.2) is 4.79 Å². The van der Waals surface area contributed by atoms with E-state index in [4.69, 9.17) is 15.0 Å². The summed E-state index contributed by atoms with van der Waals surface area (Å²) in [5, 5.41) is 5.71. The summed E-state index contributed by atoms with van der Waals surface area (Å²) in [7, 11) is 0. The SMILES string of the molecule is Cc1noc(C)c1-c1cc(C(N)=O)c2c3cc(N4CCCOC4=O)ccc3n(C(C)c3ccccc3)c2c1. The van der Waals surface area contributed by atoms with Crippen molar-refractivity contribution >= 4 is 39.5 Å². The minimum absolute atomic E-state index is 0.0531. The highest BCUT2D eigenvalue weighted by Crippen LogP contribution is 2.41. The molecule has 192 valence electrons. The molecule has 38 heavy (non-hydrogen) atoms. The number of rotatable bonds is 5. The number of amides is 2. The van der Waals surface area contributed by atoms with Crippen LogP contribution in [0.4, 0.5) is 10.5 Å². The Labute approximate surface area is 219 Å². The Morgan fingerprint density at radius 2 is 1.84 bits per heavy atom. The molecular formula is C30H28N4O4. The fourth-order valence-corrected chi connectivity index (χ4v) is 5.65. The largest absolute Gasteiger partial charge is 0.449 e.